The van der Waals surface area contributed by atoms with Crippen LogP contribution in [0.3, 0.4) is 0 Å². The van der Waals surface area contributed by atoms with Crippen LogP contribution in [-0.4, -0.2) is 27.7 Å². The van der Waals surface area contributed by atoms with E-state index in [4.69, 9.17) is 5.11 Å². The second-order valence-corrected chi connectivity index (χ2v) is 3.43. The summed E-state index contributed by atoms with van der Waals surface area (Å²) in [5, 5.41) is 13.5. The molecule has 1 N–H and O–H groups in total. The molecule has 1 aliphatic heterocycles. The first-order valence-electron chi connectivity index (χ1n) is 4.64. The number of aliphatic carboxylic acids is 1. The Morgan fingerprint density at radius 1 is 1.56 bits per heavy atom. The molecule has 6 heteroatoms. The van der Waals surface area contributed by atoms with Crippen LogP contribution in [0.4, 0.5) is 5.82 Å². The number of carbonyl (C=O) groups is 2. The highest BCUT2D eigenvalue weighted by atomic mass is 16.4. The standard InChI is InChI=1S/C10H9N3O3/c1-6-2-3-11-8(4-6)13-9(14)5-7(12-13)10(15)16/h2-4H,5H2,1H3,(H,15,16). The summed E-state index contributed by atoms with van der Waals surface area (Å²) in [7, 11) is 0. The topological polar surface area (TPSA) is 82.9 Å². The quantitative estimate of drug-likeness (QED) is 0.788. The van der Waals surface area contributed by atoms with E-state index in [1.807, 2.05) is 6.92 Å². The molecule has 82 valence electrons. The fraction of sp³-hybridized carbons (Fsp3) is 0.200. The summed E-state index contributed by atoms with van der Waals surface area (Å²) in [5.74, 6) is -1.21. The summed E-state index contributed by atoms with van der Waals surface area (Å²) in [4.78, 5) is 26.1. The van der Waals surface area contributed by atoms with Gasteiger partial charge in [-0.25, -0.2) is 9.78 Å². The number of hydrogen-bond acceptors (Lipinski definition) is 4. The van der Waals surface area contributed by atoms with Gasteiger partial charge in [0.2, 0.25) is 0 Å². The zero-order chi connectivity index (χ0) is 11.7. The van der Waals surface area contributed by atoms with Crippen molar-refractivity contribution in [3.63, 3.8) is 0 Å². The third-order valence-electron chi connectivity index (χ3n) is 2.14. The molecule has 0 bridgehead atoms. The third kappa shape index (κ3) is 1.77. The largest absolute Gasteiger partial charge is 0.477 e. The minimum Gasteiger partial charge on any atom is -0.477 e. The van der Waals surface area contributed by atoms with Crippen LogP contribution in [0.2, 0.25) is 0 Å². The molecular formula is C10H9N3O3. The van der Waals surface area contributed by atoms with E-state index < -0.39 is 5.97 Å². The first-order chi connectivity index (χ1) is 7.58. The molecule has 0 radical (unpaired) electrons. The molecule has 0 atom stereocenters. The molecule has 16 heavy (non-hydrogen) atoms. The minimum atomic E-state index is -1.18. The van der Waals surface area contributed by atoms with Crippen LogP contribution in [-0.2, 0) is 9.59 Å². The van der Waals surface area contributed by atoms with Crippen LogP contribution in [0.5, 0.6) is 0 Å². The van der Waals surface area contributed by atoms with E-state index in [9.17, 15) is 9.59 Å². The van der Waals surface area contributed by atoms with Gasteiger partial charge in [-0.05, 0) is 24.6 Å². The van der Waals surface area contributed by atoms with Crippen molar-refractivity contribution in [1.82, 2.24) is 4.98 Å². The van der Waals surface area contributed by atoms with Crippen LogP contribution in [0.25, 0.3) is 0 Å². The smallest absolute Gasteiger partial charge is 0.352 e. The van der Waals surface area contributed by atoms with Gasteiger partial charge in [-0.3, -0.25) is 4.79 Å². The summed E-state index contributed by atoms with van der Waals surface area (Å²) in [6.45, 7) is 1.85. The van der Waals surface area contributed by atoms with Gasteiger partial charge in [0.1, 0.15) is 0 Å². The predicted molar refractivity (Wildman–Crippen MR) is 56.1 cm³/mol. The molecule has 1 aromatic rings. The van der Waals surface area contributed by atoms with Gasteiger partial charge >= 0.3 is 5.97 Å². The van der Waals surface area contributed by atoms with E-state index in [1.54, 1.807) is 18.3 Å². The zero-order valence-corrected chi connectivity index (χ0v) is 8.54. The van der Waals surface area contributed by atoms with E-state index in [0.717, 1.165) is 10.6 Å². The summed E-state index contributed by atoms with van der Waals surface area (Å²) >= 11 is 0. The molecule has 0 unspecified atom stereocenters. The maximum absolute atomic E-state index is 11.5. The number of aromatic nitrogens is 1. The zero-order valence-electron chi connectivity index (χ0n) is 8.54. The number of carboxylic acid groups (broad SMARTS) is 1. The number of aryl methyl sites for hydroxylation is 1. The maximum atomic E-state index is 11.5. The van der Waals surface area contributed by atoms with Gasteiger partial charge in [-0.1, -0.05) is 0 Å². The monoisotopic (exact) mass is 219 g/mol. The van der Waals surface area contributed by atoms with Gasteiger partial charge in [0.25, 0.3) is 5.91 Å². The first kappa shape index (κ1) is 10.3. The number of carboxylic acids is 1. The number of nitrogens with zero attached hydrogens (tertiary/aromatic N) is 3. The highest BCUT2D eigenvalue weighted by Gasteiger charge is 2.29. The number of anilines is 1. The van der Waals surface area contributed by atoms with Crippen molar-refractivity contribution in [3.05, 3.63) is 23.9 Å². The number of hydrogen-bond donors (Lipinski definition) is 1. The van der Waals surface area contributed by atoms with Crippen molar-refractivity contribution in [2.24, 2.45) is 5.10 Å². The fourth-order valence-corrected chi connectivity index (χ4v) is 1.36. The number of hydrazone groups is 1. The van der Waals surface area contributed by atoms with Crippen LogP contribution in [0, 0.1) is 6.92 Å². The second-order valence-electron chi connectivity index (χ2n) is 3.43. The Bertz CT molecular complexity index is 496. The van der Waals surface area contributed by atoms with E-state index >= 15 is 0 Å². The van der Waals surface area contributed by atoms with Gasteiger partial charge in [0.05, 0.1) is 6.42 Å². The van der Waals surface area contributed by atoms with Crippen LogP contribution < -0.4 is 5.01 Å². The maximum Gasteiger partial charge on any atom is 0.352 e. The molecule has 0 saturated heterocycles. The molecule has 1 aromatic heterocycles. The minimum absolute atomic E-state index is 0.159. The Labute approximate surface area is 91.2 Å². The van der Waals surface area contributed by atoms with E-state index in [2.05, 4.69) is 10.1 Å². The number of rotatable bonds is 2. The van der Waals surface area contributed by atoms with Gasteiger partial charge in [-0.15, -0.1) is 0 Å². The second kappa shape index (κ2) is 3.73. The highest BCUT2D eigenvalue weighted by Crippen LogP contribution is 2.18. The van der Waals surface area contributed by atoms with Crippen molar-refractivity contribution < 1.29 is 14.7 Å². The molecule has 0 spiro atoms. The molecule has 2 heterocycles. The number of pyridine rings is 1. The molecule has 1 amide bonds. The average Bonchev–Trinajstić information content (AvgIpc) is 2.60. The summed E-state index contributed by atoms with van der Waals surface area (Å²) in [6, 6.07) is 3.46. The van der Waals surface area contributed by atoms with E-state index in [1.165, 1.54) is 0 Å². The first-order valence-corrected chi connectivity index (χ1v) is 4.64. The molecular weight excluding hydrogens is 210 g/mol. The van der Waals surface area contributed by atoms with Crippen LogP contribution in [0.1, 0.15) is 12.0 Å². The Morgan fingerprint density at radius 3 is 2.88 bits per heavy atom. The summed E-state index contributed by atoms with van der Waals surface area (Å²) in [5.41, 5.74) is 0.769. The SMILES string of the molecule is Cc1ccnc(N2N=C(C(=O)O)CC2=O)c1. The Morgan fingerprint density at radius 2 is 2.31 bits per heavy atom. The van der Waals surface area contributed by atoms with Crippen molar-refractivity contribution in [2.75, 3.05) is 5.01 Å². The average molecular weight is 219 g/mol. The van der Waals surface area contributed by atoms with Crippen molar-refractivity contribution in [3.8, 4) is 0 Å². The van der Waals surface area contributed by atoms with Crippen molar-refractivity contribution in [2.45, 2.75) is 13.3 Å². The van der Waals surface area contributed by atoms with Gasteiger partial charge in [0, 0.05) is 6.20 Å². The van der Waals surface area contributed by atoms with Crippen molar-refractivity contribution in [1.29, 1.82) is 0 Å². The highest BCUT2D eigenvalue weighted by molar-refractivity contribution is 6.42. The van der Waals surface area contributed by atoms with Crippen molar-refractivity contribution >= 4 is 23.4 Å². The number of carbonyl (C=O) groups excluding carboxylic acids is 1. The fourth-order valence-electron chi connectivity index (χ4n) is 1.36. The number of amides is 1. The third-order valence-corrected chi connectivity index (χ3v) is 2.14. The molecule has 6 nitrogen and oxygen atoms in total. The lowest BCUT2D eigenvalue weighted by Crippen LogP contribution is -2.20. The van der Waals surface area contributed by atoms with Gasteiger partial charge < -0.3 is 5.11 Å². The molecule has 2 rings (SSSR count). The summed E-state index contributed by atoms with van der Waals surface area (Å²) in [6.07, 6.45) is 1.36. The Kier molecular flexibility index (Phi) is 2.40. The normalized spacial score (nSPS) is 15.2. The van der Waals surface area contributed by atoms with Crippen LogP contribution >= 0.6 is 0 Å². The lowest BCUT2D eigenvalue weighted by molar-refractivity contribution is -0.129. The Hall–Kier alpha value is -2.24. The molecule has 0 fully saturated rings. The Balaban J connectivity index is 2.35. The molecule has 0 aliphatic carbocycles. The summed E-state index contributed by atoms with van der Waals surface area (Å²) < 4.78 is 0. The van der Waals surface area contributed by atoms with Gasteiger partial charge in [0.15, 0.2) is 11.5 Å². The van der Waals surface area contributed by atoms with Gasteiger partial charge in [-0.2, -0.15) is 10.1 Å². The van der Waals surface area contributed by atoms with E-state index in [-0.39, 0.29) is 18.0 Å². The molecule has 1 aliphatic rings. The molecule has 0 aromatic carbocycles. The lowest BCUT2D eigenvalue weighted by Gasteiger charge is -2.10. The lowest BCUT2D eigenvalue weighted by atomic mass is 10.2. The predicted octanol–water partition coefficient (Wildman–Crippen LogP) is 0.567. The van der Waals surface area contributed by atoms with E-state index in [0.29, 0.717) is 5.82 Å². The van der Waals surface area contributed by atoms with Crippen LogP contribution in [0.15, 0.2) is 23.4 Å². The molecule has 0 saturated carbocycles.